The standard InChI is InChI=1S/C26H32N8O2/c1-17(35)34-10-7-21(8-11-34)30-26-24-23(20(12-27)13-28-26)25(32-31-24)29-14-22(36)16-33-9-6-18-4-2-3-5-19(18)15-33/h2-5,13,21-22,36H,6-11,14-16H2,1H3,(H,28,30)(H2,29,31,32)/t22-/m1/s1. The summed E-state index contributed by atoms with van der Waals surface area (Å²) in [4.78, 5) is 20.2. The number of nitrogens with zero attached hydrogens (tertiary/aromatic N) is 5. The lowest BCUT2D eigenvalue weighted by Crippen LogP contribution is -2.41. The number of amides is 1. The highest BCUT2D eigenvalue weighted by atomic mass is 16.3. The van der Waals surface area contributed by atoms with Crippen LogP contribution in [0, 0.1) is 11.3 Å². The van der Waals surface area contributed by atoms with E-state index in [1.807, 2.05) is 4.90 Å². The summed E-state index contributed by atoms with van der Waals surface area (Å²) in [5, 5.41) is 35.2. The Morgan fingerprint density at radius 2 is 2.03 bits per heavy atom. The average molecular weight is 489 g/mol. The van der Waals surface area contributed by atoms with Crippen LogP contribution in [-0.2, 0) is 17.8 Å². The van der Waals surface area contributed by atoms with E-state index in [9.17, 15) is 15.2 Å². The van der Waals surface area contributed by atoms with Crippen molar-refractivity contribution in [2.75, 3.05) is 43.4 Å². The number of carbonyl (C=O) groups is 1. The Kier molecular flexibility index (Phi) is 7.02. The van der Waals surface area contributed by atoms with Gasteiger partial charge in [-0.1, -0.05) is 24.3 Å². The minimum atomic E-state index is -0.585. The van der Waals surface area contributed by atoms with Crippen LogP contribution in [-0.4, -0.2) is 80.9 Å². The molecule has 0 unspecified atom stereocenters. The number of aromatic nitrogens is 3. The van der Waals surface area contributed by atoms with Crippen LogP contribution in [0.15, 0.2) is 30.5 Å². The zero-order valence-corrected chi connectivity index (χ0v) is 20.5. The van der Waals surface area contributed by atoms with Crippen LogP contribution >= 0.6 is 0 Å². The summed E-state index contributed by atoms with van der Waals surface area (Å²) in [7, 11) is 0. The molecule has 1 aromatic carbocycles. The molecule has 2 aliphatic heterocycles. The molecule has 1 fully saturated rings. The first-order chi connectivity index (χ1) is 17.5. The fourth-order valence-electron chi connectivity index (χ4n) is 5.18. The Morgan fingerprint density at radius 1 is 1.25 bits per heavy atom. The molecule has 3 aromatic rings. The number of H-pyrrole nitrogens is 1. The minimum Gasteiger partial charge on any atom is -0.390 e. The first kappa shape index (κ1) is 24.0. The molecule has 10 heteroatoms. The summed E-state index contributed by atoms with van der Waals surface area (Å²) in [5.74, 6) is 1.27. The molecule has 1 atom stereocenters. The van der Waals surface area contributed by atoms with E-state index in [4.69, 9.17) is 0 Å². The number of hydrogen-bond donors (Lipinski definition) is 4. The number of aromatic amines is 1. The number of nitriles is 1. The lowest BCUT2D eigenvalue weighted by atomic mass is 10.00. The first-order valence-corrected chi connectivity index (χ1v) is 12.5. The van der Waals surface area contributed by atoms with Gasteiger partial charge in [0.15, 0.2) is 11.6 Å². The zero-order chi connectivity index (χ0) is 25.1. The molecule has 36 heavy (non-hydrogen) atoms. The van der Waals surface area contributed by atoms with Crippen molar-refractivity contribution in [1.29, 1.82) is 5.26 Å². The van der Waals surface area contributed by atoms with Gasteiger partial charge in [-0.15, -0.1) is 0 Å². The van der Waals surface area contributed by atoms with Crippen molar-refractivity contribution in [3.8, 4) is 6.07 Å². The van der Waals surface area contributed by atoms with E-state index in [1.165, 1.54) is 11.1 Å². The highest BCUT2D eigenvalue weighted by molar-refractivity contribution is 6.00. The predicted molar refractivity (Wildman–Crippen MR) is 137 cm³/mol. The third-order valence-electron chi connectivity index (χ3n) is 7.18. The van der Waals surface area contributed by atoms with Crippen LogP contribution in [0.3, 0.4) is 0 Å². The Balaban J connectivity index is 1.23. The summed E-state index contributed by atoms with van der Waals surface area (Å²) < 4.78 is 0. The predicted octanol–water partition coefficient (Wildman–Crippen LogP) is 2.08. The summed E-state index contributed by atoms with van der Waals surface area (Å²) in [6, 6.07) is 10.8. The van der Waals surface area contributed by atoms with Gasteiger partial charge in [0.2, 0.25) is 5.91 Å². The maximum absolute atomic E-state index is 11.6. The van der Waals surface area contributed by atoms with Gasteiger partial charge < -0.3 is 20.6 Å². The van der Waals surface area contributed by atoms with Crippen molar-refractivity contribution in [3.63, 3.8) is 0 Å². The summed E-state index contributed by atoms with van der Waals surface area (Å²) in [6.45, 7) is 5.65. The largest absolute Gasteiger partial charge is 0.390 e. The third kappa shape index (κ3) is 5.12. The summed E-state index contributed by atoms with van der Waals surface area (Å²) in [6.07, 6.45) is 3.61. The molecular weight excluding hydrogens is 456 g/mol. The number of benzene rings is 1. The van der Waals surface area contributed by atoms with Gasteiger partial charge in [0.1, 0.15) is 11.6 Å². The van der Waals surface area contributed by atoms with Gasteiger partial charge in [-0.05, 0) is 30.4 Å². The fraction of sp³-hybridized carbons (Fsp3) is 0.462. The third-order valence-corrected chi connectivity index (χ3v) is 7.18. The zero-order valence-electron chi connectivity index (χ0n) is 20.5. The number of fused-ring (bicyclic) bond motifs is 2. The molecule has 0 aliphatic carbocycles. The summed E-state index contributed by atoms with van der Waals surface area (Å²) in [5.41, 5.74) is 3.78. The average Bonchev–Trinajstić information content (AvgIpc) is 3.32. The number of aliphatic hydroxyl groups is 1. The number of likely N-dealkylation sites (tertiary alicyclic amines) is 1. The molecule has 4 N–H and O–H groups in total. The second kappa shape index (κ2) is 10.5. The Hall–Kier alpha value is -3.68. The minimum absolute atomic E-state index is 0.101. The number of pyridine rings is 1. The van der Waals surface area contributed by atoms with Crippen molar-refractivity contribution in [1.82, 2.24) is 25.0 Å². The quantitative estimate of drug-likeness (QED) is 0.397. The number of rotatable bonds is 7. The van der Waals surface area contributed by atoms with Gasteiger partial charge in [-0.25, -0.2) is 4.98 Å². The molecule has 5 rings (SSSR count). The van der Waals surface area contributed by atoms with E-state index >= 15 is 0 Å². The van der Waals surface area contributed by atoms with Crippen LogP contribution in [0.2, 0.25) is 0 Å². The number of hydrogen-bond acceptors (Lipinski definition) is 8. The van der Waals surface area contributed by atoms with Crippen molar-refractivity contribution in [2.24, 2.45) is 0 Å². The van der Waals surface area contributed by atoms with E-state index < -0.39 is 6.10 Å². The topological polar surface area (TPSA) is 133 Å². The number of nitrogens with one attached hydrogen (secondary N) is 3. The van der Waals surface area contributed by atoms with Gasteiger partial charge >= 0.3 is 0 Å². The first-order valence-electron chi connectivity index (χ1n) is 12.5. The molecule has 0 radical (unpaired) electrons. The Morgan fingerprint density at radius 3 is 2.78 bits per heavy atom. The molecule has 10 nitrogen and oxygen atoms in total. The van der Waals surface area contributed by atoms with Crippen LogP contribution in [0.4, 0.5) is 11.6 Å². The molecule has 0 saturated carbocycles. The van der Waals surface area contributed by atoms with Crippen molar-refractivity contribution in [3.05, 3.63) is 47.2 Å². The maximum atomic E-state index is 11.6. The van der Waals surface area contributed by atoms with Gasteiger partial charge in [-0.3, -0.25) is 14.8 Å². The molecule has 188 valence electrons. The highest BCUT2D eigenvalue weighted by Gasteiger charge is 2.24. The normalized spacial score (nSPS) is 17.4. The molecule has 0 bridgehead atoms. The lowest BCUT2D eigenvalue weighted by molar-refractivity contribution is -0.129. The molecule has 2 aliphatic rings. The molecular formula is C26H32N8O2. The van der Waals surface area contributed by atoms with Crippen LogP contribution < -0.4 is 10.6 Å². The van der Waals surface area contributed by atoms with Crippen LogP contribution in [0.5, 0.6) is 0 Å². The molecule has 1 saturated heterocycles. The summed E-state index contributed by atoms with van der Waals surface area (Å²) >= 11 is 0. The van der Waals surface area contributed by atoms with E-state index in [1.54, 1.807) is 13.1 Å². The molecule has 0 spiro atoms. The van der Waals surface area contributed by atoms with Gasteiger partial charge in [0, 0.05) is 58.4 Å². The number of aliphatic hydroxyl groups excluding tert-OH is 1. The smallest absolute Gasteiger partial charge is 0.219 e. The van der Waals surface area contributed by atoms with Crippen molar-refractivity contribution < 1.29 is 9.90 Å². The van der Waals surface area contributed by atoms with Crippen molar-refractivity contribution >= 4 is 28.4 Å². The van der Waals surface area contributed by atoms with Gasteiger partial charge in [0.25, 0.3) is 0 Å². The number of anilines is 2. The second-order valence-corrected chi connectivity index (χ2v) is 9.67. The number of β-amino-alcohol motifs (C(OH)–C–C–N with tert-alkyl or cyclic N) is 1. The Bertz CT molecular complexity index is 1270. The van der Waals surface area contributed by atoms with Gasteiger partial charge in [-0.2, -0.15) is 10.4 Å². The molecule has 2 aromatic heterocycles. The van der Waals surface area contributed by atoms with Gasteiger partial charge in [0.05, 0.1) is 17.1 Å². The van der Waals surface area contributed by atoms with Crippen molar-refractivity contribution in [2.45, 2.75) is 44.9 Å². The van der Waals surface area contributed by atoms with E-state index in [0.717, 1.165) is 32.4 Å². The monoisotopic (exact) mass is 488 g/mol. The second-order valence-electron chi connectivity index (χ2n) is 9.67. The van der Waals surface area contributed by atoms with E-state index in [2.05, 4.69) is 61.0 Å². The van der Waals surface area contributed by atoms with E-state index in [0.29, 0.717) is 54.3 Å². The van der Waals surface area contributed by atoms with Crippen LogP contribution in [0.1, 0.15) is 36.5 Å². The molecule has 4 heterocycles. The molecule has 1 amide bonds. The Labute approximate surface area is 210 Å². The highest BCUT2D eigenvalue weighted by Crippen LogP contribution is 2.30. The maximum Gasteiger partial charge on any atom is 0.219 e. The number of piperidine rings is 1. The number of carbonyl (C=O) groups excluding carboxylic acids is 1. The van der Waals surface area contributed by atoms with E-state index in [-0.39, 0.29) is 11.9 Å². The van der Waals surface area contributed by atoms with Crippen LogP contribution in [0.25, 0.3) is 10.9 Å². The SMILES string of the molecule is CC(=O)N1CCC(Nc2ncc(C#N)c3c(NC[C@@H](O)CN4CCc5ccccc5C4)n[nH]c23)CC1. The fourth-order valence-corrected chi connectivity index (χ4v) is 5.18. The lowest BCUT2D eigenvalue weighted by Gasteiger charge is -2.32.